The zero-order valence-electron chi connectivity index (χ0n) is 19.8. The van der Waals surface area contributed by atoms with Gasteiger partial charge in [-0.15, -0.1) is 10.2 Å². The number of nitrogens with zero attached hydrogens (tertiary/aromatic N) is 7. The lowest BCUT2D eigenvalue weighted by molar-refractivity contribution is 0.103. The van der Waals surface area contributed by atoms with E-state index in [2.05, 4.69) is 30.1 Å². The third kappa shape index (κ3) is 5.07. The van der Waals surface area contributed by atoms with E-state index in [0.717, 1.165) is 6.42 Å². The number of ether oxygens (including phenoxy) is 3. The van der Waals surface area contributed by atoms with Crippen molar-refractivity contribution in [1.82, 2.24) is 34.7 Å². The van der Waals surface area contributed by atoms with Gasteiger partial charge in [0.15, 0.2) is 27.2 Å². The van der Waals surface area contributed by atoms with Crippen molar-refractivity contribution in [2.45, 2.75) is 49.7 Å². The summed E-state index contributed by atoms with van der Waals surface area (Å²) >= 11 is 5.87. The van der Waals surface area contributed by atoms with Gasteiger partial charge in [0.25, 0.3) is 0 Å². The van der Waals surface area contributed by atoms with Crippen molar-refractivity contribution in [3.63, 3.8) is 0 Å². The van der Waals surface area contributed by atoms with Gasteiger partial charge in [-0.3, -0.25) is 4.57 Å². The van der Waals surface area contributed by atoms with E-state index in [1.165, 1.54) is 32.9 Å². The summed E-state index contributed by atoms with van der Waals surface area (Å²) in [6.07, 6.45) is 5.37. The first-order chi connectivity index (χ1) is 16.8. The Morgan fingerprint density at radius 3 is 2.34 bits per heavy atom. The fraction of sp³-hybridized carbons (Fsp3) is 0.524. The van der Waals surface area contributed by atoms with Crippen molar-refractivity contribution in [2.24, 2.45) is 0 Å². The molecule has 0 unspecified atom stereocenters. The van der Waals surface area contributed by atoms with Crippen LogP contribution in [0, 0.1) is 0 Å². The molecule has 0 bridgehead atoms. The third-order valence-corrected chi connectivity index (χ3v) is 8.38. The van der Waals surface area contributed by atoms with Crippen molar-refractivity contribution >= 4 is 21.4 Å². The Balaban J connectivity index is 1.76. The molecule has 0 amide bonds. The molecule has 188 valence electrons. The van der Waals surface area contributed by atoms with Gasteiger partial charge in [-0.1, -0.05) is 18.5 Å². The van der Waals surface area contributed by atoms with Gasteiger partial charge in [0.05, 0.1) is 24.5 Å². The van der Waals surface area contributed by atoms with Crippen molar-refractivity contribution in [3.8, 4) is 17.4 Å². The van der Waals surface area contributed by atoms with Crippen LogP contribution in [0.4, 0.5) is 0 Å². The molecule has 3 aromatic heterocycles. The van der Waals surface area contributed by atoms with Gasteiger partial charge in [-0.25, -0.2) is 18.4 Å². The maximum atomic E-state index is 13.5. The molecule has 1 aliphatic heterocycles. The second-order valence-corrected chi connectivity index (χ2v) is 10.9. The van der Waals surface area contributed by atoms with Crippen molar-refractivity contribution in [3.05, 3.63) is 41.2 Å². The Morgan fingerprint density at radius 2 is 1.77 bits per heavy atom. The highest BCUT2D eigenvalue weighted by atomic mass is 35.5. The van der Waals surface area contributed by atoms with E-state index in [4.69, 9.17) is 25.8 Å². The molecule has 0 saturated carbocycles. The molecule has 1 saturated heterocycles. The van der Waals surface area contributed by atoms with Gasteiger partial charge < -0.3 is 14.2 Å². The summed E-state index contributed by atoms with van der Waals surface area (Å²) in [6, 6.07) is 0. The molecule has 0 radical (unpaired) electrons. The molecule has 3 atom stereocenters. The Bertz CT molecular complexity index is 1260. The lowest BCUT2D eigenvalue weighted by atomic mass is 10.1. The monoisotopic (exact) mass is 523 g/mol. The van der Waals surface area contributed by atoms with Crippen LogP contribution >= 0.6 is 11.6 Å². The Kier molecular flexibility index (Phi) is 7.47. The van der Waals surface area contributed by atoms with E-state index in [0.29, 0.717) is 35.4 Å². The minimum atomic E-state index is -3.75. The van der Waals surface area contributed by atoms with Gasteiger partial charge in [0.1, 0.15) is 24.0 Å². The normalized spacial score (nSPS) is 17.8. The molecule has 1 fully saturated rings. The minimum Gasteiger partial charge on any atom is -0.479 e. The van der Waals surface area contributed by atoms with Crippen LogP contribution in [0.1, 0.15) is 56.2 Å². The molecule has 3 aromatic rings. The van der Waals surface area contributed by atoms with Crippen molar-refractivity contribution in [2.75, 3.05) is 20.8 Å². The summed E-state index contributed by atoms with van der Waals surface area (Å²) in [6.45, 7) is 3.94. The highest BCUT2D eigenvalue weighted by Gasteiger charge is 2.35. The van der Waals surface area contributed by atoms with Gasteiger partial charge in [0.2, 0.25) is 11.8 Å². The molecule has 0 spiro atoms. The lowest BCUT2D eigenvalue weighted by Gasteiger charge is -2.20. The number of methoxy groups -OCH3 is 2. The predicted molar refractivity (Wildman–Crippen MR) is 126 cm³/mol. The number of hydrogen-bond donors (Lipinski definition) is 0. The first-order valence-corrected chi connectivity index (χ1v) is 13.0. The molecule has 14 heteroatoms. The first kappa shape index (κ1) is 25.2. The smallest absolute Gasteiger partial charge is 0.245 e. The standard InChI is InChI=1S/C21H26ClN7O5S/c1-12(18-23-8-14(22)9-24-18)13(2)35(30,31)10-16-27-28-19(15-6-5-7-34-15)29(16)17-20(32-3)25-11-26-21(17)33-4/h8-9,11-13,15H,5-7,10H2,1-4H3/t12-,13-,15+/m0/s1. The fourth-order valence-corrected chi connectivity index (χ4v) is 5.54. The Morgan fingerprint density at radius 1 is 1.11 bits per heavy atom. The summed E-state index contributed by atoms with van der Waals surface area (Å²) in [5.41, 5.74) is 0.305. The number of aromatic nitrogens is 7. The fourth-order valence-electron chi connectivity index (χ4n) is 3.88. The molecule has 4 heterocycles. The Hall–Kier alpha value is -2.90. The van der Waals surface area contributed by atoms with Gasteiger partial charge >= 0.3 is 0 Å². The molecule has 0 N–H and O–H groups in total. The molecule has 4 rings (SSSR count). The van der Waals surface area contributed by atoms with Gasteiger partial charge in [0, 0.05) is 24.9 Å². The van der Waals surface area contributed by atoms with Crippen LogP contribution in [0.5, 0.6) is 11.8 Å². The molecule has 0 aromatic carbocycles. The van der Waals surface area contributed by atoms with Gasteiger partial charge in [-0.05, 0) is 19.8 Å². The van der Waals surface area contributed by atoms with E-state index in [-0.39, 0.29) is 23.7 Å². The lowest BCUT2D eigenvalue weighted by Crippen LogP contribution is -2.27. The number of rotatable bonds is 9. The molecule has 35 heavy (non-hydrogen) atoms. The number of hydrogen-bond acceptors (Lipinski definition) is 11. The summed E-state index contributed by atoms with van der Waals surface area (Å²) in [5, 5.41) is 8.09. The number of halogens is 1. The van der Waals surface area contributed by atoms with Crippen LogP contribution in [-0.4, -0.2) is 69.2 Å². The van der Waals surface area contributed by atoms with E-state index >= 15 is 0 Å². The average molecular weight is 524 g/mol. The Labute approximate surface area is 208 Å². The van der Waals surface area contributed by atoms with Crippen molar-refractivity contribution < 1.29 is 22.6 Å². The minimum absolute atomic E-state index is 0.165. The third-order valence-electron chi connectivity index (χ3n) is 5.99. The summed E-state index contributed by atoms with van der Waals surface area (Å²) < 4.78 is 45.3. The van der Waals surface area contributed by atoms with Crippen LogP contribution in [0.2, 0.25) is 5.02 Å². The topological polar surface area (TPSA) is 144 Å². The number of sulfone groups is 1. The maximum absolute atomic E-state index is 13.5. The zero-order chi connectivity index (χ0) is 25.2. The quantitative estimate of drug-likeness (QED) is 0.407. The van der Waals surface area contributed by atoms with Crippen molar-refractivity contribution in [1.29, 1.82) is 0 Å². The summed E-state index contributed by atoms with van der Waals surface area (Å²) in [5.74, 6) is 0.449. The average Bonchev–Trinajstić information content (AvgIpc) is 3.52. The SMILES string of the molecule is COc1ncnc(OC)c1-n1c(CS(=O)(=O)[C@@H](C)[C@H](C)c2ncc(Cl)cn2)nnc1[C@H]1CCCO1. The predicted octanol–water partition coefficient (Wildman–Crippen LogP) is 2.48. The van der Waals surface area contributed by atoms with Crippen LogP contribution in [-0.2, 0) is 20.3 Å². The van der Waals surface area contributed by atoms with Crippen LogP contribution < -0.4 is 9.47 Å². The van der Waals surface area contributed by atoms with Crippen LogP contribution in [0.15, 0.2) is 18.7 Å². The molecular weight excluding hydrogens is 498 g/mol. The van der Waals surface area contributed by atoms with Crippen LogP contribution in [0.3, 0.4) is 0 Å². The highest BCUT2D eigenvalue weighted by Crippen LogP contribution is 2.36. The van der Waals surface area contributed by atoms with E-state index in [9.17, 15) is 8.42 Å². The van der Waals surface area contributed by atoms with Crippen LogP contribution in [0.25, 0.3) is 5.69 Å². The largest absolute Gasteiger partial charge is 0.479 e. The first-order valence-electron chi connectivity index (χ1n) is 10.9. The van der Waals surface area contributed by atoms with E-state index in [1.54, 1.807) is 18.4 Å². The summed E-state index contributed by atoms with van der Waals surface area (Å²) in [4.78, 5) is 16.7. The second-order valence-electron chi connectivity index (χ2n) is 8.11. The molecular formula is C21H26ClN7O5S. The molecule has 12 nitrogen and oxygen atoms in total. The van der Waals surface area contributed by atoms with E-state index in [1.807, 2.05) is 0 Å². The highest BCUT2D eigenvalue weighted by molar-refractivity contribution is 7.91. The second kappa shape index (κ2) is 10.4. The summed E-state index contributed by atoms with van der Waals surface area (Å²) in [7, 11) is -0.846. The maximum Gasteiger partial charge on any atom is 0.245 e. The van der Waals surface area contributed by atoms with Gasteiger partial charge in [-0.2, -0.15) is 9.97 Å². The molecule has 1 aliphatic rings. The molecule has 0 aliphatic carbocycles. The zero-order valence-corrected chi connectivity index (χ0v) is 21.3. The van der Waals surface area contributed by atoms with E-state index < -0.39 is 26.8 Å².